The van der Waals surface area contributed by atoms with Crippen molar-refractivity contribution >= 4 is 28.6 Å². The van der Waals surface area contributed by atoms with E-state index >= 15 is 0 Å². The van der Waals surface area contributed by atoms with Crippen LogP contribution in [0.5, 0.6) is 5.88 Å². The molecule has 2 aromatic heterocycles. The van der Waals surface area contributed by atoms with E-state index in [1.807, 2.05) is 0 Å². The van der Waals surface area contributed by atoms with Crippen molar-refractivity contribution in [1.82, 2.24) is 19.5 Å². The Balaban J connectivity index is 1.44. The van der Waals surface area contributed by atoms with Crippen molar-refractivity contribution in [2.75, 3.05) is 5.32 Å². The van der Waals surface area contributed by atoms with Crippen molar-refractivity contribution in [2.45, 2.75) is 51.7 Å². The molecule has 3 amide bonds. The molecule has 2 N–H and O–H groups in total. The van der Waals surface area contributed by atoms with Crippen LogP contribution in [0.3, 0.4) is 0 Å². The summed E-state index contributed by atoms with van der Waals surface area (Å²) < 4.78 is 35.4. The van der Waals surface area contributed by atoms with Crippen LogP contribution < -0.4 is 14.8 Å². The number of hydrogen-bond acceptors (Lipinski definition) is 7. The van der Waals surface area contributed by atoms with Crippen LogP contribution in [-0.2, 0) is 41.1 Å². The zero-order valence-corrected chi connectivity index (χ0v) is 17.0. The Labute approximate surface area is 173 Å². The summed E-state index contributed by atoms with van der Waals surface area (Å²) in [5.41, 5.74) is 4.77. The fourth-order valence-electron chi connectivity index (χ4n) is 3.83. The van der Waals surface area contributed by atoms with E-state index in [0.717, 1.165) is 65.0 Å². The number of alkyl halides is 1. The number of aryl methyl sites for hydroxylation is 1. The number of anilines is 1. The summed E-state index contributed by atoms with van der Waals surface area (Å²) in [6, 6.07) is 0.510. The topological polar surface area (TPSA) is 128 Å². The van der Waals surface area contributed by atoms with Crippen molar-refractivity contribution in [3.8, 4) is 5.88 Å². The molecule has 0 fully saturated rings. The predicted molar refractivity (Wildman–Crippen MR) is 105 cm³/mol. The van der Waals surface area contributed by atoms with Crippen LogP contribution in [0.4, 0.5) is 19.7 Å². The lowest BCUT2D eigenvalue weighted by atomic mass is 10.0. The summed E-state index contributed by atoms with van der Waals surface area (Å²) in [5.74, 6) is 0.133. The van der Waals surface area contributed by atoms with Crippen molar-refractivity contribution in [3.63, 3.8) is 0 Å². The Morgan fingerprint density at radius 3 is 2.97 bits per heavy atom. The molecule has 0 unspecified atom stereocenters. The van der Waals surface area contributed by atoms with E-state index < -0.39 is 29.7 Å². The van der Waals surface area contributed by atoms with Gasteiger partial charge in [-0.2, -0.15) is 0 Å². The highest BCUT2D eigenvalue weighted by Gasteiger charge is 2.29. The number of urea groups is 1. The van der Waals surface area contributed by atoms with E-state index in [0.29, 0.717) is 5.92 Å². The van der Waals surface area contributed by atoms with E-state index in [4.69, 9.17) is 9.72 Å². The fraction of sp³-hybridized carbons (Fsp3) is 0.444. The Hall–Kier alpha value is -3.02. The first-order valence-electron chi connectivity index (χ1n) is 9.51. The molecule has 2 aromatic rings. The Morgan fingerprint density at radius 1 is 1.37 bits per heavy atom. The molecule has 30 heavy (non-hydrogen) atoms. The molecule has 0 aliphatic heterocycles. The molecule has 0 saturated heterocycles. The maximum atomic E-state index is 12.4. The molecule has 2 aliphatic rings. The molecule has 0 bridgehead atoms. The van der Waals surface area contributed by atoms with Gasteiger partial charge < -0.3 is 19.0 Å². The number of rotatable bonds is 4. The summed E-state index contributed by atoms with van der Waals surface area (Å²) in [4.78, 5) is 28.9. The molecule has 12 heteroatoms. The minimum atomic E-state index is -2.36. The van der Waals surface area contributed by atoms with Gasteiger partial charge in [-0.15, -0.1) is 5.10 Å². The number of nitrogens with zero attached hydrogens (tertiary/aromatic N) is 4. The average Bonchev–Trinajstić information content (AvgIpc) is 3.42. The Kier molecular flexibility index (Phi) is 5.66. The largest absolute Gasteiger partial charge is 0.424 e. The highest BCUT2D eigenvalue weighted by atomic mass is 32.2. The molecule has 4 rings (SSSR count). The second-order valence-electron chi connectivity index (χ2n) is 7.15. The molecule has 2 aliphatic carbocycles. The van der Waals surface area contributed by atoms with Gasteiger partial charge in [0.15, 0.2) is 6.80 Å². The van der Waals surface area contributed by atoms with Gasteiger partial charge in [0, 0.05) is 23.7 Å². The third kappa shape index (κ3) is 4.13. The second kappa shape index (κ2) is 8.38. The lowest BCUT2D eigenvalue weighted by molar-refractivity contribution is 0.208. The predicted octanol–water partition coefficient (Wildman–Crippen LogP) is 3.13. The summed E-state index contributed by atoms with van der Waals surface area (Å²) in [6.07, 6.45) is 4.49. The van der Waals surface area contributed by atoms with Gasteiger partial charge >= 0.3 is 12.1 Å². The van der Waals surface area contributed by atoms with Gasteiger partial charge in [0.05, 0.1) is 5.69 Å². The number of carbonyl (C=O) groups is 2. The highest BCUT2D eigenvalue weighted by molar-refractivity contribution is 7.73. The molecule has 0 radical (unpaired) electrons. The summed E-state index contributed by atoms with van der Waals surface area (Å²) in [7, 11) is -2.36. The SMILES string of the molecule is C[C@@H]1CCc2c1nc1c(c2NC(=O)N[S-](=O)=NC(=O)Oc2ccn(CF)n2)CCC1. The molecule has 1 atom stereocenters. The lowest BCUT2D eigenvalue weighted by Gasteiger charge is -2.17. The fourth-order valence-corrected chi connectivity index (χ4v) is 4.26. The number of fused-ring (bicyclic) bond motifs is 2. The standard InChI is InChI=1S/C18H20FN6O4S/c1-10-5-6-12-15(10)20-13-4-2-3-11(13)16(12)21-17(26)23-30(28)24-18(27)29-14-7-8-25(9-19)22-14/h7-8,10H,2-6,9H2,1H3,(H2,20,21,23,24,26,27,28)/q-1/t10-/m1/s1. The molecule has 2 heterocycles. The van der Waals surface area contributed by atoms with Crippen LogP contribution in [-0.4, -0.2) is 26.9 Å². The van der Waals surface area contributed by atoms with E-state index in [1.54, 1.807) is 0 Å². The van der Waals surface area contributed by atoms with Crippen molar-refractivity contribution in [2.24, 2.45) is 4.36 Å². The number of pyridine rings is 1. The maximum absolute atomic E-state index is 12.4. The Morgan fingerprint density at radius 2 is 2.20 bits per heavy atom. The normalized spacial score (nSPS) is 18.0. The summed E-state index contributed by atoms with van der Waals surface area (Å²) in [6.45, 7) is 1.23. The van der Waals surface area contributed by atoms with Crippen LogP contribution in [0.15, 0.2) is 16.6 Å². The van der Waals surface area contributed by atoms with Crippen LogP contribution in [0.1, 0.15) is 48.2 Å². The third-order valence-corrected chi connectivity index (χ3v) is 5.83. The smallest absolute Gasteiger partial charge is 0.418 e. The zero-order chi connectivity index (χ0) is 21.3. The summed E-state index contributed by atoms with van der Waals surface area (Å²) >= 11 is 0. The molecule has 0 saturated carbocycles. The number of aromatic nitrogens is 3. The minimum absolute atomic E-state index is 0.195. The highest BCUT2D eigenvalue weighted by Crippen LogP contribution is 2.41. The van der Waals surface area contributed by atoms with Gasteiger partial charge in [0.1, 0.15) is 0 Å². The quantitative estimate of drug-likeness (QED) is 0.710. The first-order valence-corrected chi connectivity index (χ1v) is 10.6. The van der Waals surface area contributed by atoms with Crippen LogP contribution in [0.2, 0.25) is 0 Å². The lowest BCUT2D eigenvalue weighted by Crippen LogP contribution is -2.28. The number of ether oxygens (including phenoxy) is 1. The van der Waals surface area contributed by atoms with Crippen LogP contribution in [0.25, 0.3) is 0 Å². The van der Waals surface area contributed by atoms with Gasteiger partial charge in [-0.05, 0) is 49.1 Å². The molecular weight excluding hydrogens is 415 g/mol. The van der Waals surface area contributed by atoms with Crippen LogP contribution in [0, 0.1) is 0 Å². The molecule has 0 aromatic carbocycles. The van der Waals surface area contributed by atoms with Crippen molar-refractivity contribution in [1.29, 1.82) is 0 Å². The van der Waals surface area contributed by atoms with Gasteiger partial charge in [-0.3, -0.25) is 14.1 Å². The van der Waals surface area contributed by atoms with Gasteiger partial charge in [0.2, 0.25) is 5.88 Å². The molecular formula is C18H20FN6O4S-. The number of nitrogens with one attached hydrogen (secondary N) is 2. The van der Waals surface area contributed by atoms with E-state index in [9.17, 15) is 18.2 Å². The maximum Gasteiger partial charge on any atom is 0.418 e. The number of hydrogen-bond donors (Lipinski definition) is 2. The third-order valence-electron chi connectivity index (χ3n) is 5.16. The minimum Gasteiger partial charge on any atom is -0.424 e. The number of carbonyl (C=O) groups excluding carboxylic acids is 2. The van der Waals surface area contributed by atoms with Gasteiger partial charge in [-0.1, -0.05) is 17.7 Å². The van der Waals surface area contributed by atoms with Gasteiger partial charge in [-0.25, -0.2) is 13.9 Å². The zero-order valence-electron chi connectivity index (χ0n) is 16.2. The van der Waals surface area contributed by atoms with E-state index in [1.165, 1.54) is 12.3 Å². The van der Waals surface area contributed by atoms with Crippen molar-refractivity contribution in [3.05, 3.63) is 34.8 Å². The molecule has 10 nitrogen and oxygen atoms in total. The van der Waals surface area contributed by atoms with E-state index in [-0.39, 0.29) is 5.88 Å². The van der Waals surface area contributed by atoms with Crippen molar-refractivity contribution < 1.29 is 22.9 Å². The number of halogens is 1. The molecule has 0 spiro atoms. The van der Waals surface area contributed by atoms with Gasteiger partial charge in [0.25, 0.3) is 0 Å². The first kappa shape index (κ1) is 20.3. The first-order chi connectivity index (χ1) is 14.4. The Bertz CT molecular complexity index is 1090. The summed E-state index contributed by atoms with van der Waals surface area (Å²) in [5, 5.41) is 6.37. The monoisotopic (exact) mass is 435 g/mol. The number of amides is 3. The average molecular weight is 435 g/mol. The van der Waals surface area contributed by atoms with E-state index in [2.05, 4.69) is 26.4 Å². The van der Waals surface area contributed by atoms with Crippen LogP contribution >= 0.6 is 0 Å². The second-order valence-corrected chi connectivity index (χ2v) is 8.03. The molecule has 160 valence electrons.